The Balaban J connectivity index is 1.77. The number of aromatic nitrogens is 3. The molecule has 0 aliphatic carbocycles. The van der Waals surface area contributed by atoms with Crippen molar-refractivity contribution in [1.82, 2.24) is 19.2 Å². The number of carbonyl (C=O) groups is 1. The van der Waals surface area contributed by atoms with Crippen LogP contribution in [0.3, 0.4) is 0 Å². The highest BCUT2D eigenvalue weighted by Crippen LogP contribution is 2.27. The fraction of sp³-hybridized carbons (Fsp3) is 0.273. The van der Waals surface area contributed by atoms with E-state index in [0.717, 1.165) is 11.8 Å². The SMILES string of the molecule is CCN(CC)S(=O)(=O)c1cccc(-c2nnc(SC(C)C(=O)Nc3ccc(C#N)cc3)n2N)c1. The highest BCUT2D eigenvalue weighted by atomic mass is 32.2. The maximum Gasteiger partial charge on any atom is 0.243 e. The molecular formula is C22H25N7O3S2. The Morgan fingerprint density at radius 3 is 2.50 bits per heavy atom. The molecule has 0 saturated heterocycles. The summed E-state index contributed by atoms with van der Waals surface area (Å²) < 4.78 is 28.3. The third-order valence-corrected chi connectivity index (χ3v) is 8.14. The number of amides is 1. The zero-order chi connectivity index (χ0) is 24.9. The number of hydrogen-bond acceptors (Lipinski definition) is 8. The molecule has 0 saturated carbocycles. The zero-order valence-corrected chi connectivity index (χ0v) is 20.6. The Morgan fingerprint density at radius 1 is 1.21 bits per heavy atom. The lowest BCUT2D eigenvalue weighted by molar-refractivity contribution is -0.115. The van der Waals surface area contributed by atoms with Crippen LogP contribution in [0, 0.1) is 11.3 Å². The van der Waals surface area contributed by atoms with Crippen molar-refractivity contribution >= 4 is 33.4 Å². The molecule has 1 aromatic heterocycles. The van der Waals surface area contributed by atoms with E-state index in [2.05, 4.69) is 15.5 Å². The van der Waals surface area contributed by atoms with Crippen LogP contribution in [0.15, 0.2) is 58.6 Å². The summed E-state index contributed by atoms with van der Waals surface area (Å²) in [5.41, 5.74) is 1.56. The number of nitrogens with zero attached hydrogens (tertiary/aromatic N) is 5. The molecule has 3 N–H and O–H groups in total. The Kier molecular flexibility index (Phi) is 7.93. The van der Waals surface area contributed by atoms with Crippen LogP contribution in [0.25, 0.3) is 11.4 Å². The molecule has 0 bridgehead atoms. The van der Waals surface area contributed by atoms with E-state index in [4.69, 9.17) is 11.1 Å². The average molecular weight is 500 g/mol. The molecule has 2 aromatic carbocycles. The van der Waals surface area contributed by atoms with Gasteiger partial charge in [0.1, 0.15) is 0 Å². The molecule has 34 heavy (non-hydrogen) atoms. The number of nitrogen functional groups attached to an aromatic ring is 1. The average Bonchev–Trinajstić information content (AvgIpc) is 3.20. The van der Waals surface area contributed by atoms with Gasteiger partial charge in [0, 0.05) is 24.3 Å². The van der Waals surface area contributed by atoms with E-state index in [0.29, 0.717) is 35.1 Å². The van der Waals surface area contributed by atoms with Gasteiger partial charge in [0.15, 0.2) is 5.82 Å². The van der Waals surface area contributed by atoms with Crippen LogP contribution in [0.4, 0.5) is 5.69 Å². The largest absolute Gasteiger partial charge is 0.335 e. The lowest BCUT2D eigenvalue weighted by Crippen LogP contribution is -2.30. The second-order valence-electron chi connectivity index (χ2n) is 7.23. The lowest BCUT2D eigenvalue weighted by Gasteiger charge is -2.18. The highest BCUT2D eigenvalue weighted by molar-refractivity contribution is 8.00. The quantitative estimate of drug-likeness (QED) is 0.337. The predicted octanol–water partition coefficient (Wildman–Crippen LogP) is 2.68. The van der Waals surface area contributed by atoms with Crippen LogP contribution in [0.1, 0.15) is 26.3 Å². The Hall–Kier alpha value is -3.40. The molecule has 1 unspecified atom stereocenters. The molecule has 3 rings (SSSR count). The maximum atomic E-state index is 12.9. The number of sulfonamides is 1. The normalized spacial score (nSPS) is 12.3. The van der Waals surface area contributed by atoms with E-state index in [9.17, 15) is 13.2 Å². The smallest absolute Gasteiger partial charge is 0.243 e. The maximum absolute atomic E-state index is 12.9. The minimum Gasteiger partial charge on any atom is -0.335 e. The van der Waals surface area contributed by atoms with Crippen LogP contribution >= 0.6 is 11.8 Å². The van der Waals surface area contributed by atoms with Gasteiger partial charge >= 0.3 is 0 Å². The number of nitrogens with two attached hydrogens (primary N) is 1. The molecule has 0 aliphatic rings. The van der Waals surface area contributed by atoms with Gasteiger partial charge in [-0.25, -0.2) is 13.1 Å². The number of benzene rings is 2. The van der Waals surface area contributed by atoms with Gasteiger partial charge < -0.3 is 11.2 Å². The van der Waals surface area contributed by atoms with Gasteiger partial charge in [-0.05, 0) is 43.3 Å². The number of nitriles is 1. The van der Waals surface area contributed by atoms with Crippen molar-refractivity contribution in [3.63, 3.8) is 0 Å². The second kappa shape index (κ2) is 10.7. The Bertz CT molecular complexity index is 1310. The van der Waals surface area contributed by atoms with Gasteiger partial charge in [0.05, 0.1) is 21.8 Å². The number of nitrogens with one attached hydrogen (secondary N) is 1. The monoisotopic (exact) mass is 499 g/mol. The van der Waals surface area contributed by atoms with Crippen molar-refractivity contribution in [3.05, 3.63) is 54.1 Å². The number of hydrogen-bond donors (Lipinski definition) is 2. The molecule has 1 heterocycles. The first-order valence-electron chi connectivity index (χ1n) is 10.5. The van der Waals surface area contributed by atoms with Crippen LogP contribution in [-0.4, -0.2) is 51.8 Å². The number of rotatable bonds is 9. The van der Waals surface area contributed by atoms with E-state index in [1.54, 1.807) is 57.2 Å². The van der Waals surface area contributed by atoms with Gasteiger partial charge in [-0.15, -0.1) is 10.2 Å². The molecule has 178 valence electrons. The summed E-state index contributed by atoms with van der Waals surface area (Å²) in [6.07, 6.45) is 0. The summed E-state index contributed by atoms with van der Waals surface area (Å²) in [6, 6.07) is 14.9. The van der Waals surface area contributed by atoms with Crippen LogP contribution in [0.5, 0.6) is 0 Å². The van der Waals surface area contributed by atoms with Crippen molar-refractivity contribution in [1.29, 1.82) is 5.26 Å². The third-order valence-electron chi connectivity index (χ3n) is 5.03. The fourth-order valence-corrected chi connectivity index (χ4v) is 5.42. The summed E-state index contributed by atoms with van der Waals surface area (Å²) in [4.78, 5) is 12.7. The molecule has 12 heteroatoms. The van der Waals surface area contributed by atoms with E-state index in [1.807, 2.05) is 6.07 Å². The van der Waals surface area contributed by atoms with Crippen LogP contribution in [0.2, 0.25) is 0 Å². The highest BCUT2D eigenvalue weighted by Gasteiger charge is 2.24. The minimum absolute atomic E-state index is 0.140. The summed E-state index contributed by atoms with van der Waals surface area (Å²) in [5.74, 6) is 6.19. The lowest BCUT2D eigenvalue weighted by atomic mass is 10.2. The molecule has 3 aromatic rings. The van der Waals surface area contributed by atoms with Gasteiger partial charge in [0.2, 0.25) is 21.1 Å². The van der Waals surface area contributed by atoms with Gasteiger partial charge in [0.25, 0.3) is 0 Å². The minimum atomic E-state index is -3.64. The molecule has 10 nitrogen and oxygen atoms in total. The summed E-state index contributed by atoms with van der Waals surface area (Å²) >= 11 is 1.12. The predicted molar refractivity (Wildman–Crippen MR) is 131 cm³/mol. The zero-order valence-electron chi connectivity index (χ0n) is 19.0. The van der Waals surface area contributed by atoms with E-state index in [1.165, 1.54) is 21.1 Å². The number of thioether (sulfide) groups is 1. The van der Waals surface area contributed by atoms with E-state index in [-0.39, 0.29) is 16.6 Å². The molecule has 0 aliphatic heterocycles. The van der Waals surface area contributed by atoms with Crippen molar-refractivity contribution in [3.8, 4) is 17.5 Å². The molecule has 0 spiro atoms. The van der Waals surface area contributed by atoms with Crippen LogP contribution in [-0.2, 0) is 14.8 Å². The van der Waals surface area contributed by atoms with Crippen molar-refractivity contribution in [2.45, 2.75) is 36.1 Å². The summed E-state index contributed by atoms with van der Waals surface area (Å²) in [6.45, 7) is 5.99. The first kappa shape index (κ1) is 25.2. The standard InChI is InChI=1S/C22H25N7O3S2/c1-4-28(5-2)34(31,32)19-8-6-7-17(13-19)20-26-27-22(29(20)24)33-15(3)21(30)25-18-11-9-16(14-23)10-12-18/h6-13,15H,4-5,24H2,1-3H3,(H,25,30). The van der Waals surface area contributed by atoms with Crippen molar-refractivity contribution in [2.24, 2.45) is 0 Å². The number of carbonyl (C=O) groups excluding carboxylic acids is 1. The Labute approximate surface area is 202 Å². The molecular weight excluding hydrogens is 474 g/mol. The molecule has 0 radical (unpaired) electrons. The first-order chi connectivity index (χ1) is 16.2. The van der Waals surface area contributed by atoms with Crippen molar-refractivity contribution < 1.29 is 13.2 Å². The second-order valence-corrected chi connectivity index (χ2v) is 10.5. The van der Waals surface area contributed by atoms with Gasteiger partial charge in [-0.3, -0.25) is 4.79 Å². The molecule has 1 amide bonds. The third kappa shape index (κ3) is 5.39. The van der Waals surface area contributed by atoms with Gasteiger partial charge in [-0.2, -0.15) is 9.57 Å². The number of anilines is 1. The Morgan fingerprint density at radius 2 is 1.88 bits per heavy atom. The topological polar surface area (TPSA) is 147 Å². The van der Waals surface area contributed by atoms with Crippen molar-refractivity contribution in [2.75, 3.05) is 24.2 Å². The van der Waals surface area contributed by atoms with E-state index >= 15 is 0 Å². The fourth-order valence-electron chi connectivity index (χ4n) is 3.15. The molecule has 0 fully saturated rings. The summed E-state index contributed by atoms with van der Waals surface area (Å²) in [5, 5.41) is 19.6. The summed E-state index contributed by atoms with van der Waals surface area (Å²) in [7, 11) is -3.64. The van der Waals surface area contributed by atoms with Gasteiger partial charge in [-0.1, -0.05) is 37.7 Å². The first-order valence-corrected chi connectivity index (χ1v) is 12.8. The van der Waals surface area contributed by atoms with Crippen LogP contribution < -0.4 is 11.2 Å². The van der Waals surface area contributed by atoms with E-state index < -0.39 is 15.3 Å². The molecule has 1 atom stereocenters.